The Balaban J connectivity index is 0.000000496. The number of carbonyl (C=O) groups excluding carboxylic acids is 2. The summed E-state index contributed by atoms with van der Waals surface area (Å²) in [7, 11) is 1.46. The maximum Gasteiger partial charge on any atom is 0.326 e. The highest BCUT2D eigenvalue weighted by Gasteiger charge is 2.63. The van der Waals surface area contributed by atoms with Gasteiger partial charge in [0.05, 0.1) is 24.5 Å². The molecule has 3 atom stereocenters. The summed E-state index contributed by atoms with van der Waals surface area (Å²) in [6.45, 7) is 8.74. The van der Waals surface area contributed by atoms with Gasteiger partial charge in [-0.2, -0.15) is 0 Å². The molecular weight excluding hydrogens is 570 g/mol. The van der Waals surface area contributed by atoms with Crippen molar-refractivity contribution in [3.8, 4) is 5.75 Å². The zero-order valence-electron chi connectivity index (χ0n) is 23.6. The second-order valence-electron chi connectivity index (χ2n) is 10.5. The first-order chi connectivity index (χ1) is 19.4. The van der Waals surface area contributed by atoms with Crippen LogP contribution in [0.3, 0.4) is 0 Å². The molecule has 2 aromatic rings. The molecule has 0 radical (unpaired) electrons. The maximum atomic E-state index is 13.4. The van der Waals surface area contributed by atoms with Crippen molar-refractivity contribution in [2.75, 3.05) is 45.4 Å². The summed E-state index contributed by atoms with van der Waals surface area (Å²) in [5, 5.41) is 23.7. The smallest absolute Gasteiger partial charge is 0.326 e. The molecular formula is C27H37N5O7S2. The molecule has 41 heavy (non-hydrogen) atoms. The number of piperazine rings is 1. The molecule has 2 aliphatic rings. The summed E-state index contributed by atoms with van der Waals surface area (Å²) in [6.07, 6.45) is 2.87. The van der Waals surface area contributed by atoms with Crippen molar-refractivity contribution in [2.45, 2.75) is 41.2 Å². The average Bonchev–Trinajstić information content (AvgIpc) is 3.24. The molecule has 2 N–H and O–H groups in total. The fraction of sp³-hybridized carbons (Fsp3) is 0.481. The SMILES string of the molecule is CC1(C)SCS(c2cccnc2)([N+](=O)[O-])[C@@H]1C(=O)NC(Cc1ccc(OC=O)cc1)C(=O)O.CN1CCN(C)CC1. The summed E-state index contributed by atoms with van der Waals surface area (Å²) >= 11 is 1.33. The monoisotopic (exact) mass is 607 g/mol. The lowest BCUT2D eigenvalue weighted by Crippen LogP contribution is -2.52. The number of amides is 1. The van der Waals surface area contributed by atoms with Crippen LogP contribution in [0.1, 0.15) is 19.4 Å². The van der Waals surface area contributed by atoms with Gasteiger partial charge in [-0.25, -0.2) is 4.79 Å². The van der Waals surface area contributed by atoms with Gasteiger partial charge in [0, 0.05) is 49.7 Å². The Morgan fingerprint density at radius 3 is 2.32 bits per heavy atom. The van der Waals surface area contributed by atoms with Gasteiger partial charge < -0.3 is 25.0 Å². The molecule has 2 aliphatic heterocycles. The van der Waals surface area contributed by atoms with E-state index in [4.69, 9.17) is 4.74 Å². The van der Waals surface area contributed by atoms with E-state index in [0.29, 0.717) is 16.2 Å². The van der Waals surface area contributed by atoms with Crippen LogP contribution in [0.2, 0.25) is 0 Å². The van der Waals surface area contributed by atoms with Gasteiger partial charge in [0.1, 0.15) is 17.0 Å². The molecule has 2 saturated heterocycles. The van der Waals surface area contributed by atoms with E-state index >= 15 is 0 Å². The summed E-state index contributed by atoms with van der Waals surface area (Å²) in [5.41, 5.74) is 0.584. The number of aliphatic carboxylic acids is 1. The van der Waals surface area contributed by atoms with Crippen molar-refractivity contribution in [1.29, 1.82) is 0 Å². The van der Waals surface area contributed by atoms with Gasteiger partial charge >= 0.3 is 5.97 Å². The van der Waals surface area contributed by atoms with Crippen LogP contribution >= 0.6 is 22.0 Å². The largest absolute Gasteiger partial charge is 0.480 e. The van der Waals surface area contributed by atoms with Gasteiger partial charge in [0.2, 0.25) is 5.91 Å². The molecule has 1 amide bonds. The predicted molar refractivity (Wildman–Crippen MR) is 159 cm³/mol. The second kappa shape index (κ2) is 14.1. The number of aromatic nitrogens is 1. The number of nitro groups is 1. The Bertz CT molecular complexity index is 1200. The van der Waals surface area contributed by atoms with Crippen LogP contribution in [-0.2, 0) is 20.8 Å². The third-order valence-electron chi connectivity index (χ3n) is 7.07. The van der Waals surface area contributed by atoms with Crippen LogP contribution in [0.25, 0.3) is 0 Å². The van der Waals surface area contributed by atoms with Crippen LogP contribution in [0, 0.1) is 10.1 Å². The van der Waals surface area contributed by atoms with Gasteiger partial charge in [-0.1, -0.05) is 12.1 Å². The van der Waals surface area contributed by atoms with E-state index in [-0.39, 0.29) is 22.3 Å². The lowest BCUT2D eigenvalue weighted by molar-refractivity contribution is -0.297. The number of hydrogen-bond donors (Lipinski definition) is 2. The molecule has 12 nitrogen and oxygen atoms in total. The number of nitrogens with zero attached hydrogens (tertiary/aromatic N) is 4. The van der Waals surface area contributed by atoms with Crippen molar-refractivity contribution in [1.82, 2.24) is 20.1 Å². The fourth-order valence-corrected chi connectivity index (χ4v) is 11.5. The van der Waals surface area contributed by atoms with E-state index in [2.05, 4.69) is 34.2 Å². The quantitative estimate of drug-likeness (QED) is 0.245. The standard InChI is InChI=1S/C21H23N3O7S2.C6H14N2/c1-21(2)18(33(13-32-21,24(29)30)16-4-3-9-22-11-16)19(26)23-17(20(27)28)10-14-5-7-15(8-6-14)31-12-25;1-7-3-5-8(2)6-4-7/h3-9,11-12,17-18H,10,13H2,1-2H3,(H,23,26)(H,27,28);3-6H2,1-2H3/t17?,18-;/m1./s1. The van der Waals surface area contributed by atoms with Crippen molar-refractivity contribution in [3.05, 3.63) is 64.5 Å². The number of thioether (sulfide) groups is 1. The van der Waals surface area contributed by atoms with Crippen LogP contribution in [0.15, 0.2) is 53.7 Å². The number of pyridine rings is 1. The first-order valence-electron chi connectivity index (χ1n) is 13.0. The molecule has 2 unspecified atom stereocenters. The molecule has 1 aromatic carbocycles. The van der Waals surface area contributed by atoms with Gasteiger partial charge in [0.25, 0.3) is 6.47 Å². The number of hydrogen-bond acceptors (Lipinski definition) is 10. The molecule has 0 spiro atoms. The van der Waals surface area contributed by atoms with Crippen molar-refractivity contribution in [2.24, 2.45) is 0 Å². The number of benzene rings is 1. The number of nitrogens with one attached hydrogen (secondary N) is 1. The van der Waals surface area contributed by atoms with Gasteiger partial charge in [0.15, 0.2) is 0 Å². The highest BCUT2D eigenvalue weighted by Crippen LogP contribution is 2.71. The van der Waals surface area contributed by atoms with Crippen molar-refractivity contribution in [3.63, 3.8) is 0 Å². The molecule has 0 saturated carbocycles. The first kappa shape index (κ1) is 32.3. The normalized spacial score (nSPS) is 24.5. The Labute approximate surface area is 245 Å². The van der Waals surface area contributed by atoms with Crippen LogP contribution < -0.4 is 10.1 Å². The number of carboxylic acids is 1. The van der Waals surface area contributed by atoms with E-state index in [9.17, 15) is 29.6 Å². The molecule has 1 aromatic heterocycles. The van der Waals surface area contributed by atoms with E-state index in [1.807, 2.05) is 0 Å². The molecule has 0 aliphatic carbocycles. The fourth-order valence-electron chi connectivity index (χ4n) is 4.67. The third kappa shape index (κ3) is 7.97. The zero-order chi connectivity index (χ0) is 30.2. The number of rotatable bonds is 9. The van der Waals surface area contributed by atoms with Crippen LogP contribution in [0.4, 0.5) is 0 Å². The summed E-state index contributed by atoms with van der Waals surface area (Å²) in [5.74, 6) is -1.64. The molecule has 14 heteroatoms. The lowest BCUT2D eigenvalue weighted by atomic mass is 10.0. The Hall–Kier alpha value is -3.20. The van der Waals surface area contributed by atoms with E-state index in [1.165, 1.54) is 62.5 Å². The Kier molecular flexibility index (Phi) is 11.1. The highest BCUT2D eigenvalue weighted by molar-refractivity contribution is 8.39. The average molecular weight is 608 g/mol. The van der Waals surface area contributed by atoms with E-state index in [0.717, 1.165) is 0 Å². The minimum atomic E-state index is -2.89. The number of carbonyl (C=O) groups is 3. The third-order valence-corrected chi connectivity index (χ3v) is 13.3. The molecule has 4 rings (SSSR count). The lowest BCUT2D eigenvalue weighted by Gasteiger charge is -2.35. The number of carboxylic acid groups (broad SMARTS) is 1. The molecule has 224 valence electrons. The second-order valence-corrected chi connectivity index (χ2v) is 15.5. The van der Waals surface area contributed by atoms with Gasteiger partial charge in [-0.05, 0) is 57.8 Å². The molecule has 3 heterocycles. The number of likely N-dealkylation sites (N-methyl/N-ethyl adjacent to an activating group) is 2. The first-order valence-corrected chi connectivity index (χ1v) is 15.8. The predicted octanol–water partition coefficient (Wildman–Crippen LogP) is 2.50. The Morgan fingerprint density at radius 2 is 1.83 bits per heavy atom. The van der Waals surface area contributed by atoms with Crippen LogP contribution in [0.5, 0.6) is 5.75 Å². The van der Waals surface area contributed by atoms with Crippen molar-refractivity contribution < 1.29 is 28.6 Å². The minimum absolute atomic E-state index is 0.0452. The van der Waals surface area contributed by atoms with Crippen molar-refractivity contribution >= 4 is 40.3 Å². The highest BCUT2D eigenvalue weighted by atomic mass is 32.3. The maximum absolute atomic E-state index is 13.4. The summed E-state index contributed by atoms with van der Waals surface area (Å²) < 4.78 is 3.55. The summed E-state index contributed by atoms with van der Waals surface area (Å²) in [4.78, 5) is 57.3. The van der Waals surface area contributed by atoms with E-state index < -0.39 is 38.1 Å². The molecule has 0 bridgehead atoms. The van der Waals surface area contributed by atoms with Gasteiger partial charge in [-0.15, -0.1) is 11.8 Å². The number of ether oxygens (including phenoxy) is 1. The molecule has 2 fully saturated rings. The topological polar surface area (TPSA) is 155 Å². The van der Waals surface area contributed by atoms with E-state index in [1.54, 1.807) is 38.1 Å². The van der Waals surface area contributed by atoms with Gasteiger partial charge in [-0.3, -0.25) is 24.7 Å². The summed E-state index contributed by atoms with van der Waals surface area (Å²) in [6, 6.07) is 8.07. The minimum Gasteiger partial charge on any atom is -0.480 e. The van der Waals surface area contributed by atoms with Crippen LogP contribution in [-0.4, -0.2) is 104 Å². The Morgan fingerprint density at radius 1 is 1.22 bits per heavy atom. The zero-order valence-corrected chi connectivity index (χ0v) is 25.2.